The summed E-state index contributed by atoms with van der Waals surface area (Å²) in [5.74, 6) is -0.365. The molecule has 0 aliphatic carbocycles. The maximum atomic E-state index is 10.4. The molecule has 1 aromatic rings. The lowest BCUT2D eigenvalue weighted by Gasteiger charge is -2.04. The summed E-state index contributed by atoms with van der Waals surface area (Å²) in [4.78, 5) is 11.0. The lowest BCUT2D eigenvalue weighted by Crippen LogP contribution is -1.98. The smallest absolute Gasteiger partial charge is 0.313 e. The Morgan fingerprint density at radius 1 is 1.67 bits per heavy atom. The molecule has 1 rings (SSSR count). The minimum Gasteiger partial charge on any atom is -0.497 e. The highest BCUT2D eigenvalue weighted by Gasteiger charge is 2.06. The molecule has 78 valence electrons. The second-order valence-electron chi connectivity index (χ2n) is 2.66. The van der Waals surface area contributed by atoms with Gasteiger partial charge in [0.2, 0.25) is 0 Å². The number of benzene rings is 1. The summed E-state index contributed by atoms with van der Waals surface area (Å²) < 4.78 is 4.99. The van der Waals surface area contributed by atoms with E-state index in [1.54, 1.807) is 18.2 Å². The molecule has 0 spiro atoms. The number of carbonyl (C=O) groups is 1. The van der Waals surface area contributed by atoms with Gasteiger partial charge in [-0.2, -0.15) is 5.26 Å². The molecule has 15 heavy (non-hydrogen) atoms. The van der Waals surface area contributed by atoms with Gasteiger partial charge in [0.1, 0.15) is 11.8 Å². The van der Waals surface area contributed by atoms with Crippen LogP contribution >= 0.6 is 11.8 Å². The van der Waals surface area contributed by atoms with E-state index in [0.717, 1.165) is 11.8 Å². The van der Waals surface area contributed by atoms with Gasteiger partial charge in [-0.1, -0.05) is 0 Å². The van der Waals surface area contributed by atoms with Gasteiger partial charge in [0.25, 0.3) is 0 Å². The molecule has 0 heterocycles. The second-order valence-corrected chi connectivity index (χ2v) is 3.67. The first kappa shape index (κ1) is 11.4. The van der Waals surface area contributed by atoms with E-state index >= 15 is 0 Å². The van der Waals surface area contributed by atoms with E-state index in [4.69, 9.17) is 15.1 Å². The minimum absolute atomic E-state index is 0.0676. The number of rotatable bonds is 4. The number of hydrogen-bond acceptors (Lipinski definition) is 4. The first-order valence-corrected chi connectivity index (χ1v) is 5.08. The van der Waals surface area contributed by atoms with Crippen molar-refractivity contribution in [2.75, 3.05) is 12.9 Å². The Balaban J connectivity index is 2.92. The van der Waals surface area contributed by atoms with Gasteiger partial charge in [-0.05, 0) is 18.2 Å². The molecular weight excluding hydrogens is 214 g/mol. The Morgan fingerprint density at radius 3 is 2.93 bits per heavy atom. The standard InChI is InChI=1S/C10H9NO3S/c1-14-8-3-2-7(5-11)9(4-8)15-6-10(12)13/h2-4H,6H2,1H3,(H,12,13). The molecule has 0 amide bonds. The van der Waals surface area contributed by atoms with Crippen molar-refractivity contribution in [2.45, 2.75) is 4.90 Å². The third-order valence-electron chi connectivity index (χ3n) is 1.66. The van der Waals surface area contributed by atoms with Crippen LogP contribution in [0.15, 0.2) is 23.1 Å². The Bertz CT molecular complexity index is 412. The maximum Gasteiger partial charge on any atom is 0.313 e. The molecule has 0 atom stereocenters. The molecule has 0 saturated heterocycles. The van der Waals surface area contributed by atoms with Gasteiger partial charge >= 0.3 is 5.97 Å². The number of carboxylic acid groups (broad SMARTS) is 1. The number of nitrogens with zero attached hydrogens (tertiary/aromatic N) is 1. The average molecular weight is 223 g/mol. The summed E-state index contributed by atoms with van der Waals surface area (Å²) in [6.07, 6.45) is 0. The lowest BCUT2D eigenvalue weighted by atomic mass is 10.2. The van der Waals surface area contributed by atoms with Crippen LogP contribution in [-0.4, -0.2) is 23.9 Å². The number of thioether (sulfide) groups is 1. The molecule has 1 aromatic carbocycles. The summed E-state index contributed by atoms with van der Waals surface area (Å²) in [5.41, 5.74) is 0.460. The molecule has 1 N–H and O–H groups in total. The summed E-state index contributed by atoms with van der Waals surface area (Å²) in [5, 5.41) is 17.3. The molecule has 0 aromatic heterocycles. The zero-order valence-electron chi connectivity index (χ0n) is 8.06. The normalized spacial score (nSPS) is 9.33. The molecular formula is C10H9NO3S. The van der Waals surface area contributed by atoms with Gasteiger partial charge in [-0.15, -0.1) is 11.8 Å². The minimum atomic E-state index is -0.910. The van der Waals surface area contributed by atoms with Crippen LogP contribution in [0.2, 0.25) is 0 Å². The number of aliphatic carboxylic acids is 1. The van der Waals surface area contributed by atoms with E-state index < -0.39 is 5.97 Å². The van der Waals surface area contributed by atoms with Crippen LogP contribution in [0, 0.1) is 11.3 Å². The summed E-state index contributed by atoms with van der Waals surface area (Å²) >= 11 is 1.11. The molecule has 0 saturated carbocycles. The molecule has 0 aliphatic rings. The Hall–Kier alpha value is -1.67. The van der Waals surface area contributed by atoms with Gasteiger partial charge in [0.05, 0.1) is 18.4 Å². The van der Waals surface area contributed by atoms with Gasteiger partial charge in [0, 0.05) is 4.90 Å². The van der Waals surface area contributed by atoms with E-state index in [-0.39, 0.29) is 5.75 Å². The van der Waals surface area contributed by atoms with Crippen molar-refractivity contribution >= 4 is 17.7 Å². The van der Waals surface area contributed by atoms with E-state index in [9.17, 15) is 4.79 Å². The number of hydrogen-bond donors (Lipinski definition) is 1. The second kappa shape index (κ2) is 5.27. The number of ether oxygens (including phenoxy) is 1. The van der Waals surface area contributed by atoms with Crippen molar-refractivity contribution in [3.8, 4) is 11.8 Å². The number of carboxylic acids is 1. The van der Waals surface area contributed by atoms with Crippen molar-refractivity contribution in [3.63, 3.8) is 0 Å². The van der Waals surface area contributed by atoms with Crippen LogP contribution in [0.25, 0.3) is 0 Å². The van der Waals surface area contributed by atoms with Crippen LogP contribution in [0.1, 0.15) is 5.56 Å². The molecule has 0 fully saturated rings. The Morgan fingerprint density at radius 2 is 2.40 bits per heavy atom. The molecule has 0 unspecified atom stereocenters. The van der Waals surface area contributed by atoms with Gasteiger partial charge in [-0.25, -0.2) is 0 Å². The first-order valence-electron chi connectivity index (χ1n) is 4.10. The summed E-state index contributed by atoms with van der Waals surface area (Å²) in [6, 6.07) is 6.94. The van der Waals surface area contributed by atoms with Gasteiger partial charge < -0.3 is 9.84 Å². The Kier molecular flexibility index (Phi) is 4.01. The van der Waals surface area contributed by atoms with Crippen molar-refractivity contribution in [2.24, 2.45) is 0 Å². The zero-order chi connectivity index (χ0) is 11.3. The topological polar surface area (TPSA) is 70.3 Å². The summed E-state index contributed by atoms with van der Waals surface area (Å²) in [6.45, 7) is 0. The van der Waals surface area contributed by atoms with Crippen molar-refractivity contribution in [3.05, 3.63) is 23.8 Å². The van der Waals surface area contributed by atoms with E-state index in [1.807, 2.05) is 6.07 Å². The van der Waals surface area contributed by atoms with Crippen molar-refractivity contribution in [1.82, 2.24) is 0 Å². The quantitative estimate of drug-likeness (QED) is 0.787. The zero-order valence-corrected chi connectivity index (χ0v) is 8.87. The molecule has 0 aliphatic heterocycles. The highest BCUT2D eigenvalue weighted by molar-refractivity contribution is 8.00. The fraction of sp³-hybridized carbons (Fsp3) is 0.200. The first-order chi connectivity index (χ1) is 7.17. The fourth-order valence-electron chi connectivity index (χ4n) is 0.981. The van der Waals surface area contributed by atoms with Crippen LogP contribution in [0.3, 0.4) is 0 Å². The molecule has 0 bridgehead atoms. The average Bonchev–Trinajstić information content (AvgIpc) is 2.25. The van der Waals surface area contributed by atoms with E-state index in [2.05, 4.69) is 0 Å². The van der Waals surface area contributed by atoms with Crippen LogP contribution in [0.4, 0.5) is 0 Å². The third-order valence-corrected chi connectivity index (χ3v) is 2.70. The fourth-order valence-corrected chi connectivity index (χ4v) is 1.73. The SMILES string of the molecule is COc1ccc(C#N)c(SCC(=O)O)c1. The van der Waals surface area contributed by atoms with Crippen LogP contribution in [-0.2, 0) is 4.79 Å². The van der Waals surface area contributed by atoms with Gasteiger partial charge in [0.15, 0.2) is 0 Å². The van der Waals surface area contributed by atoms with Crippen LogP contribution < -0.4 is 4.74 Å². The molecule has 0 radical (unpaired) electrons. The third kappa shape index (κ3) is 3.18. The van der Waals surface area contributed by atoms with Crippen molar-refractivity contribution in [1.29, 1.82) is 5.26 Å². The monoisotopic (exact) mass is 223 g/mol. The Labute approximate surface area is 91.5 Å². The molecule has 5 heteroatoms. The molecule has 4 nitrogen and oxygen atoms in total. The summed E-state index contributed by atoms with van der Waals surface area (Å²) in [7, 11) is 1.52. The van der Waals surface area contributed by atoms with Gasteiger partial charge in [-0.3, -0.25) is 4.79 Å². The largest absolute Gasteiger partial charge is 0.497 e. The van der Waals surface area contributed by atoms with Crippen LogP contribution in [0.5, 0.6) is 5.75 Å². The maximum absolute atomic E-state index is 10.4. The predicted octanol–water partition coefficient (Wildman–Crippen LogP) is 1.74. The van der Waals surface area contributed by atoms with E-state index in [1.165, 1.54) is 7.11 Å². The number of methoxy groups -OCH3 is 1. The van der Waals surface area contributed by atoms with Crippen molar-refractivity contribution < 1.29 is 14.6 Å². The lowest BCUT2D eigenvalue weighted by molar-refractivity contribution is -0.133. The number of nitriles is 1. The van der Waals surface area contributed by atoms with E-state index in [0.29, 0.717) is 16.2 Å². The predicted molar refractivity (Wildman–Crippen MR) is 56.1 cm³/mol. The highest BCUT2D eigenvalue weighted by atomic mass is 32.2. The highest BCUT2D eigenvalue weighted by Crippen LogP contribution is 2.26.